The number of methoxy groups -OCH3 is 3. The van der Waals surface area contributed by atoms with Crippen LogP contribution in [0.1, 0.15) is 10.4 Å². The van der Waals surface area contributed by atoms with Crippen LogP contribution in [0, 0.1) is 5.82 Å². The highest BCUT2D eigenvalue weighted by Gasteiger charge is 2.35. The Bertz CT molecular complexity index is 807. The molecule has 0 unspecified atom stereocenters. The van der Waals surface area contributed by atoms with Gasteiger partial charge in [-0.15, -0.1) is 0 Å². The standard InChI is InChI=1S/C17H19FN2O7/c1-25-14-11(5-4-10(18)12(14)17(24)27-3)19-13-9(16(23)26-2)8-20(6-7-21)15(13)22/h4-5,19,21H,6-8H2,1-3H3. The van der Waals surface area contributed by atoms with E-state index in [4.69, 9.17) is 9.84 Å². The SMILES string of the molecule is COC(=O)C1=C(Nc2ccc(F)c(C(=O)OC)c2OC)C(=O)N(CCO)C1. The average molecular weight is 382 g/mol. The molecule has 146 valence electrons. The molecular formula is C17H19FN2O7. The van der Waals surface area contributed by atoms with E-state index in [0.717, 1.165) is 13.2 Å². The Hall–Kier alpha value is -3.14. The summed E-state index contributed by atoms with van der Waals surface area (Å²) in [6, 6.07) is 2.25. The van der Waals surface area contributed by atoms with Gasteiger partial charge in [-0.1, -0.05) is 0 Å². The summed E-state index contributed by atoms with van der Waals surface area (Å²) in [5.41, 5.74) is -0.462. The Kier molecular flexibility index (Phi) is 6.35. The summed E-state index contributed by atoms with van der Waals surface area (Å²) in [4.78, 5) is 37.7. The average Bonchev–Trinajstić information content (AvgIpc) is 2.97. The Morgan fingerprint density at radius 3 is 2.44 bits per heavy atom. The smallest absolute Gasteiger partial charge is 0.344 e. The first-order valence-corrected chi connectivity index (χ1v) is 7.82. The van der Waals surface area contributed by atoms with E-state index < -0.39 is 29.2 Å². The highest BCUT2D eigenvalue weighted by molar-refractivity contribution is 6.09. The molecule has 1 aliphatic rings. The van der Waals surface area contributed by atoms with E-state index in [0.29, 0.717) is 0 Å². The highest BCUT2D eigenvalue weighted by Crippen LogP contribution is 2.34. The Morgan fingerprint density at radius 2 is 1.89 bits per heavy atom. The summed E-state index contributed by atoms with van der Waals surface area (Å²) in [5.74, 6) is -3.32. The molecule has 27 heavy (non-hydrogen) atoms. The van der Waals surface area contributed by atoms with Crippen molar-refractivity contribution in [1.82, 2.24) is 4.90 Å². The third kappa shape index (κ3) is 3.85. The molecule has 1 aromatic rings. The monoisotopic (exact) mass is 382 g/mol. The fourth-order valence-electron chi connectivity index (χ4n) is 2.64. The second kappa shape index (κ2) is 8.49. The minimum absolute atomic E-state index is 0.0124. The van der Waals surface area contributed by atoms with Crippen LogP contribution < -0.4 is 10.1 Å². The van der Waals surface area contributed by atoms with Gasteiger partial charge in [-0.3, -0.25) is 4.79 Å². The number of hydrogen-bond donors (Lipinski definition) is 2. The first-order valence-electron chi connectivity index (χ1n) is 7.82. The topological polar surface area (TPSA) is 114 Å². The predicted octanol–water partition coefficient (Wildman–Crippen LogP) is 0.294. The van der Waals surface area contributed by atoms with Gasteiger partial charge >= 0.3 is 11.9 Å². The summed E-state index contributed by atoms with van der Waals surface area (Å²) in [5, 5.41) is 11.8. The van der Waals surface area contributed by atoms with E-state index >= 15 is 0 Å². The lowest BCUT2D eigenvalue weighted by atomic mass is 10.1. The summed E-state index contributed by atoms with van der Waals surface area (Å²) < 4.78 is 28.4. The number of β-amino-alcohol motifs (C(OH)–C–C–N with tert-alkyl or cyclic N) is 1. The molecule has 1 aromatic carbocycles. The van der Waals surface area contributed by atoms with Crippen LogP contribution in [0.15, 0.2) is 23.4 Å². The number of amides is 1. The molecule has 1 heterocycles. The molecule has 0 atom stereocenters. The van der Waals surface area contributed by atoms with Crippen LogP contribution in [0.5, 0.6) is 5.75 Å². The van der Waals surface area contributed by atoms with Crippen LogP contribution in [0.3, 0.4) is 0 Å². The number of hydrogen-bond acceptors (Lipinski definition) is 8. The van der Waals surface area contributed by atoms with Crippen molar-refractivity contribution in [2.45, 2.75) is 0 Å². The van der Waals surface area contributed by atoms with Crippen molar-refractivity contribution < 1.29 is 38.1 Å². The van der Waals surface area contributed by atoms with Gasteiger partial charge in [0, 0.05) is 6.54 Å². The zero-order chi connectivity index (χ0) is 20.1. The van der Waals surface area contributed by atoms with Crippen molar-refractivity contribution in [1.29, 1.82) is 0 Å². The third-order valence-electron chi connectivity index (χ3n) is 3.91. The summed E-state index contributed by atoms with van der Waals surface area (Å²) in [6.07, 6.45) is 0. The van der Waals surface area contributed by atoms with E-state index in [1.165, 1.54) is 25.2 Å². The maximum atomic E-state index is 14.1. The predicted molar refractivity (Wildman–Crippen MR) is 90.6 cm³/mol. The van der Waals surface area contributed by atoms with Crippen LogP contribution >= 0.6 is 0 Å². The summed E-state index contributed by atoms with van der Waals surface area (Å²) in [7, 11) is 3.48. The van der Waals surface area contributed by atoms with Crippen LogP contribution in [0.4, 0.5) is 10.1 Å². The van der Waals surface area contributed by atoms with Gasteiger partial charge in [0.2, 0.25) is 0 Å². The number of rotatable bonds is 7. The lowest BCUT2D eigenvalue weighted by Crippen LogP contribution is -2.31. The maximum Gasteiger partial charge on any atom is 0.344 e. The normalized spacial score (nSPS) is 13.7. The van der Waals surface area contributed by atoms with E-state index in [-0.39, 0.29) is 42.4 Å². The molecule has 2 rings (SSSR count). The molecule has 0 saturated carbocycles. The number of anilines is 1. The van der Waals surface area contributed by atoms with Crippen LogP contribution in [0.25, 0.3) is 0 Å². The zero-order valence-corrected chi connectivity index (χ0v) is 15.0. The molecule has 9 nitrogen and oxygen atoms in total. The first-order chi connectivity index (χ1) is 12.9. The number of ether oxygens (including phenoxy) is 3. The van der Waals surface area contributed by atoms with E-state index in [9.17, 15) is 18.8 Å². The van der Waals surface area contributed by atoms with Crippen molar-refractivity contribution in [3.63, 3.8) is 0 Å². The van der Waals surface area contributed by atoms with Gasteiger partial charge in [0.1, 0.15) is 17.1 Å². The Balaban J connectivity index is 2.51. The number of carbonyl (C=O) groups is 3. The highest BCUT2D eigenvalue weighted by atomic mass is 19.1. The molecule has 0 aliphatic carbocycles. The van der Waals surface area contributed by atoms with Gasteiger partial charge < -0.3 is 29.5 Å². The molecule has 0 aromatic heterocycles. The van der Waals surface area contributed by atoms with Gasteiger partial charge in [-0.05, 0) is 12.1 Å². The Morgan fingerprint density at radius 1 is 1.22 bits per heavy atom. The minimum atomic E-state index is -0.963. The van der Waals surface area contributed by atoms with Crippen LogP contribution in [-0.4, -0.2) is 68.9 Å². The van der Waals surface area contributed by atoms with Crippen molar-refractivity contribution in [3.8, 4) is 5.75 Å². The number of esters is 2. The quantitative estimate of drug-likeness (QED) is 0.647. The number of aliphatic hydroxyl groups is 1. The van der Waals surface area contributed by atoms with E-state index in [2.05, 4.69) is 14.8 Å². The third-order valence-corrected chi connectivity index (χ3v) is 3.91. The fourth-order valence-corrected chi connectivity index (χ4v) is 2.64. The number of nitrogens with one attached hydrogen (secondary N) is 1. The maximum absolute atomic E-state index is 14.1. The van der Waals surface area contributed by atoms with Crippen LogP contribution in [0.2, 0.25) is 0 Å². The van der Waals surface area contributed by atoms with Crippen molar-refractivity contribution in [2.75, 3.05) is 46.3 Å². The second-order valence-electron chi connectivity index (χ2n) is 5.42. The molecule has 1 amide bonds. The Labute approximate surface area is 154 Å². The summed E-state index contributed by atoms with van der Waals surface area (Å²) in [6.45, 7) is -0.347. The molecule has 0 bridgehead atoms. The first kappa shape index (κ1) is 20.2. The van der Waals surface area contributed by atoms with Gasteiger partial charge in [0.05, 0.1) is 45.7 Å². The van der Waals surface area contributed by atoms with Crippen molar-refractivity contribution in [2.24, 2.45) is 0 Å². The van der Waals surface area contributed by atoms with Gasteiger partial charge in [0.15, 0.2) is 5.75 Å². The molecule has 10 heteroatoms. The molecule has 0 radical (unpaired) electrons. The molecule has 0 fully saturated rings. The largest absolute Gasteiger partial charge is 0.494 e. The number of nitrogens with zero attached hydrogens (tertiary/aromatic N) is 1. The van der Waals surface area contributed by atoms with Crippen molar-refractivity contribution in [3.05, 3.63) is 34.8 Å². The molecule has 0 saturated heterocycles. The lowest BCUT2D eigenvalue weighted by Gasteiger charge is -2.17. The molecule has 0 spiro atoms. The second-order valence-corrected chi connectivity index (χ2v) is 5.42. The van der Waals surface area contributed by atoms with Gasteiger partial charge in [-0.25, -0.2) is 14.0 Å². The molecule has 2 N–H and O–H groups in total. The van der Waals surface area contributed by atoms with Gasteiger partial charge in [0.25, 0.3) is 5.91 Å². The van der Waals surface area contributed by atoms with E-state index in [1.807, 2.05) is 0 Å². The number of halogens is 1. The summed E-state index contributed by atoms with van der Waals surface area (Å²) >= 11 is 0. The van der Waals surface area contributed by atoms with Crippen LogP contribution in [-0.2, 0) is 19.1 Å². The zero-order valence-electron chi connectivity index (χ0n) is 15.0. The molecule has 1 aliphatic heterocycles. The fraction of sp³-hybridized carbons (Fsp3) is 0.353. The minimum Gasteiger partial charge on any atom is -0.494 e. The molecular weight excluding hydrogens is 363 g/mol. The number of aliphatic hydroxyl groups excluding tert-OH is 1. The van der Waals surface area contributed by atoms with Crippen molar-refractivity contribution >= 4 is 23.5 Å². The van der Waals surface area contributed by atoms with Gasteiger partial charge in [-0.2, -0.15) is 0 Å². The van der Waals surface area contributed by atoms with E-state index in [1.54, 1.807) is 0 Å². The number of benzene rings is 1. The number of carbonyl (C=O) groups excluding carboxylic acids is 3. The lowest BCUT2D eigenvalue weighted by molar-refractivity contribution is -0.136.